The van der Waals surface area contributed by atoms with Gasteiger partial charge in [0.15, 0.2) is 5.96 Å². The third-order valence-electron chi connectivity index (χ3n) is 4.28. The van der Waals surface area contributed by atoms with Crippen LogP contribution in [0.5, 0.6) is 0 Å². The van der Waals surface area contributed by atoms with E-state index < -0.39 is 5.60 Å². The standard InChI is InChI=1S/C21H36N4O2.HI/c1-4-13-21(27,14-5-2)17-25-20(22-6-3)23-15-12-19(26)24-16-18-10-8-7-9-11-18;/h7-11,27H,4-6,12-17H2,1-3H3,(H,24,26)(H2,22,23,25);1H. The molecule has 0 aliphatic rings. The topological polar surface area (TPSA) is 85.8 Å². The smallest absolute Gasteiger partial charge is 0.222 e. The number of carbonyl (C=O) groups is 1. The van der Waals surface area contributed by atoms with Crippen molar-refractivity contribution in [3.63, 3.8) is 0 Å². The number of aliphatic imine (C=N–C) groups is 1. The van der Waals surface area contributed by atoms with Crippen molar-refractivity contribution in [2.24, 2.45) is 4.99 Å². The second kappa shape index (κ2) is 15.6. The first-order chi connectivity index (χ1) is 13.0. The van der Waals surface area contributed by atoms with E-state index in [1.165, 1.54) is 0 Å². The van der Waals surface area contributed by atoms with Gasteiger partial charge in [-0.2, -0.15) is 0 Å². The van der Waals surface area contributed by atoms with Crippen LogP contribution < -0.4 is 16.0 Å². The molecule has 0 radical (unpaired) electrons. The summed E-state index contributed by atoms with van der Waals surface area (Å²) in [6.07, 6.45) is 3.71. The fourth-order valence-corrected chi connectivity index (χ4v) is 2.96. The van der Waals surface area contributed by atoms with Crippen LogP contribution in [0.25, 0.3) is 0 Å². The van der Waals surface area contributed by atoms with Crippen LogP contribution in [0.3, 0.4) is 0 Å². The molecule has 0 spiro atoms. The van der Waals surface area contributed by atoms with Crippen molar-refractivity contribution in [1.29, 1.82) is 0 Å². The van der Waals surface area contributed by atoms with Gasteiger partial charge in [-0.1, -0.05) is 57.0 Å². The summed E-state index contributed by atoms with van der Waals surface area (Å²) in [5.74, 6) is 0.634. The number of rotatable bonds is 12. The van der Waals surface area contributed by atoms with Gasteiger partial charge in [0.05, 0.1) is 12.1 Å². The number of nitrogens with one attached hydrogen (secondary N) is 3. The van der Waals surface area contributed by atoms with Crippen LogP contribution in [0, 0.1) is 0 Å². The number of hydrogen-bond donors (Lipinski definition) is 4. The predicted octanol–water partition coefficient (Wildman–Crippen LogP) is 3.20. The number of nitrogens with zero attached hydrogens (tertiary/aromatic N) is 1. The molecule has 0 aliphatic carbocycles. The van der Waals surface area contributed by atoms with Gasteiger partial charge in [0.25, 0.3) is 0 Å². The van der Waals surface area contributed by atoms with Gasteiger partial charge < -0.3 is 21.1 Å². The molecule has 1 aromatic carbocycles. The summed E-state index contributed by atoms with van der Waals surface area (Å²) in [6, 6.07) is 9.85. The predicted molar refractivity (Wildman–Crippen MR) is 127 cm³/mol. The van der Waals surface area contributed by atoms with E-state index in [0.29, 0.717) is 32.0 Å². The van der Waals surface area contributed by atoms with E-state index in [4.69, 9.17) is 0 Å². The lowest BCUT2D eigenvalue weighted by atomic mass is 9.93. The molecule has 1 rings (SSSR count). The van der Waals surface area contributed by atoms with Crippen LogP contribution in [0.2, 0.25) is 0 Å². The molecule has 0 unspecified atom stereocenters. The third-order valence-corrected chi connectivity index (χ3v) is 4.28. The largest absolute Gasteiger partial charge is 0.388 e. The van der Waals surface area contributed by atoms with E-state index in [1.807, 2.05) is 37.3 Å². The Balaban J connectivity index is 0.00000729. The van der Waals surface area contributed by atoms with Gasteiger partial charge in [-0.3, -0.25) is 9.79 Å². The maximum atomic E-state index is 12.0. The Kier molecular flexibility index (Phi) is 14.8. The summed E-state index contributed by atoms with van der Waals surface area (Å²) < 4.78 is 0. The normalized spacial score (nSPS) is 11.5. The molecule has 4 N–H and O–H groups in total. The first-order valence-electron chi connectivity index (χ1n) is 10.1. The lowest BCUT2D eigenvalue weighted by molar-refractivity contribution is -0.121. The molecular formula is C21H37IN4O2. The second-order valence-electron chi connectivity index (χ2n) is 6.86. The highest BCUT2D eigenvalue weighted by Crippen LogP contribution is 2.19. The first kappa shape index (κ1) is 26.6. The monoisotopic (exact) mass is 504 g/mol. The molecule has 160 valence electrons. The summed E-state index contributed by atoms with van der Waals surface area (Å²) in [5, 5.41) is 19.9. The lowest BCUT2D eigenvalue weighted by Crippen LogP contribution is -2.41. The zero-order chi connectivity index (χ0) is 20.0. The molecule has 0 saturated carbocycles. The van der Waals surface area contributed by atoms with Crippen LogP contribution in [0.1, 0.15) is 58.4 Å². The van der Waals surface area contributed by atoms with Gasteiger partial charge in [0, 0.05) is 26.1 Å². The summed E-state index contributed by atoms with van der Waals surface area (Å²) in [5.41, 5.74) is 0.332. The Morgan fingerprint density at radius 3 is 2.25 bits per heavy atom. The third kappa shape index (κ3) is 11.5. The van der Waals surface area contributed by atoms with Crippen molar-refractivity contribution in [2.75, 3.05) is 19.6 Å². The maximum absolute atomic E-state index is 12.0. The van der Waals surface area contributed by atoms with Crippen LogP contribution >= 0.6 is 24.0 Å². The Morgan fingerprint density at radius 1 is 1.04 bits per heavy atom. The Morgan fingerprint density at radius 2 is 1.68 bits per heavy atom. The fourth-order valence-electron chi connectivity index (χ4n) is 2.96. The van der Waals surface area contributed by atoms with E-state index in [1.54, 1.807) is 0 Å². The van der Waals surface area contributed by atoms with E-state index in [-0.39, 0.29) is 29.9 Å². The number of guanidine groups is 1. The summed E-state index contributed by atoms with van der Waals surface area (Å²) in [6.45, 7) is 8.26. The number of amides is 1. The zero-order valence-corrected chi connectivity index (χ0v) is 19.8. The van der Waals surface area contributed by atoms with Gasteiger partial charge in [0.2, 0.25) is 5.91 Å². The summed E-state index contributed by atoms with van der Waals surface area (Å²) in [7, 11) is 0. The van der Waals surface area contributed by atoms with E-state index in [9.17, 15) is 9.90 Å². The van der Waals surface area contributed by atoms with E-state index in [0.717, 1.165) is 37.8 Å². The average Bonchev–Trinajstić information content (AvgIpc) is 2.66. The van der Waals surface area contributed by atoms with Crippen molar-refractivity contribution in [3.05, 3.63) is 35.9 Å². The van der Waals surface area contributed by atoms with Crippen molar-refractivity contribution < 1.29 is 9.90 Å². The molecular weight excluding hydrogens is 467 g/mol. The molecule has 1 amide bonds. The number of halogens is 1. The molecule has 0 aliphatic heterocycles. The molecule has 1 aromatic rings. The molecule has 0 bridgehead atoms. The maximum Gasteiger partial charge on any atom is 0.222 e. The van der Waals surface area contributed by atoms with Crippen molar-refractivity contribution in [3.8, 4) is 0 Å². The van der Waals surface area contributed by atoms with E-state index in [2.05, 4.69) is 34.8 Å². The van der Waals surface area contributed by atoms with Crippen LogP contribution in [-0.4, -0.2) is 42.2 Å². The van der Waals surface area contributed by atoms with Crippen LogP contribution in [0.15, 0.2) is 35.3 Å². The fraction of sp³-hybridized carbons (Fsp3) is 0.619. The SMILES string of the molecule is CCCC(O)(CCC)CN=C(NCC)NCCC(=O)NCc1ccccc1.I. The number of hydrogen-bond acceptors (Lipinski definition) is 3. The summed E-state index contributed by atoms with van der Waals surface area (Å²) >= 11 is 0. The van der Waals surface area contributed by atoms with E-state index >= 15 is 0 Å². The molecule has 0 heterocycles. The second-order valence-corrected chi connectivity index (χ2v) is 6.86. The minimum absolute atomic E-state index is 0. The van der Waals surface area contributed by atoms with Gasteiger partial charge in [0.1, 0.15) is 0 Å². The molecule has 0 saturated heterocycles. The number of benzene rings is 1. The minimum Gasteiger partial charge on any atom is -0.388 e. The van der Waals surface area contributed by atoms with Crippen molar-refractivity contribution >= 4 is 35.8 Å². The zero-order valence-electron chi connectivity index (χ0n) is 17.5. The Hall–Kier alpha value is -1.35. The van der Waals surface area contributed by atoms with Crippen molar-refractivity contribution in [1.82, 2.24) is 16.0 Å². The van der Waals surface area contributed by atoms with Crippen molar-refractivity contribution in [2.45, 2.75) is 65.0 Å². The number of aliphatic hydroxyl groups is 1. The van der Waals surface area contributed by atoms with Gasteiger partial charge in [-0.15, -0.1) is 24.0 Å². The molecule has 28 heavy (non-hydrogen) atoms. The van der Waals surface area contributed by atoms with Gasteiger partial charge in [-0.05, 0) is 25.3 Å². The molecule has 0 aromatic heterocycles. The highest BCUT2D eigenvalue weighted by molar-refractivity contribution is 14.0. The highest BCUT2D eigenvalue weighted by Gasteiger charge is 2.24. The van der Waals surface area contributed by atoms with Gasteiger partial charge in [-0.25, -0.2) is 0 Å². The number of carbonyl (C=O) groups excluding carboxylic acids is 1. The lowest BCUT2D eigenvalue weighted by Gasteiger charge is -2.26. The summed E-state index contributed by atoms with van der Waals surface area (Å²) in [4.78, 5) is 16.5. The average molecular weight is 504 g/mol. The van der Waals surface area contributed by atoms with Crippen LogP contribution in [-0.2, 0) is 11.3 Å². The highest BCUT2D eigenvalue weighted by atomic mass is 127. The molecule has 0 atom stereocenters. The quantitative estimate of drug-likeness (QED) is 0.200. The Labute approximate surface area is 187 Å². The minimum atomic E-state index is -0.751. The van der Waals surface area contributed by atoms with Gasteiger partial charge >= 0.3 is 0 Å². The first-order valence-corrected chi connectivity index (χ1v) is 10.1. The molecule has 7 heteroatoms. The molecule has 0 fully saturated rings. The molecule has 6 nitrogen and oxygen atoms in total. The van der Waals surface area contributed by atoms with Crippen LogP contribution in [0.4, 0.5) is 0 Å². The Bertz CT molecular complexity index is 561.